The third-order valence-corrected chi connectivity index (χ3v) is 6.18. The molecule has 2 aliphatic heterocycles. The summed E-state index contributed by atoms with van der Waals surface area (Å²) >= 11 is 1.62. The van der Waals surface area contributed by atoms with Crippen LogP contribution in [0.3, 0.4) is 0 Å². The molecule has 0 spiro atoms. The molecule has 8 heteroatoms. The average Bonchev–Trinajstić information content (AvgIpc) is 3.54. The van der Waals surface area contributed by atoms with Crippen LogP contribution in [0, 0.1) is 0 Å². The van der Waals surface area contributed by atoms with Crippen LogP contribution in [0.15, 0.2) is 66.2 Å². The molecule has 148 valence electrons. The Balaban J connectivity index is 1.52. The van der Waals surface area contributed by atoms with Gasteiger partial charge in [-0.1, -0.05) is 18.2 Å². The second-order valence-electron chi connectivity index (χ2n) is 6.98. The highest BCUT2D eigenvalue weighted by Gasteiger charge is 2.36. The number of aromatic amines is 1. The number of hydrogen-bond donors (Lipinski definition) is 2. The molecule has 0 bridgehead atoms. The van der Waals surface area contributed by atoms with Crippen molar-refractivity contribution in [2.45, 2.75) is 6.17 Å². The van der Waals surface area contributed by atoms with Crippen LogP contribution in [0.4, 0.5) is 11.4 Å². The van der Waals surface area contributed by atoms with E-state index in [0.717, 1.165) is 27.5 Å². The van der Waals surface area contributed by atoms with E-state index >= 15 is 0 Å². The number of hydrogen-bond acceptors (Lipinski definition) is 6. The largest absolute Gasteiger partial charge is 0.454 e. The Morgan fingerprint density at radius 2 is 1.97 bits per heavy atom. The molecule has 2 aliphatic rings. The summed E-state index contributed by atoms with van der Waals surface area (Å²) in [6.45, 7) is 0.182. The van der Waals surface area contributed by atoms with E-state index in [2.05, 4.69) is 15.5 Å². The van der Waals surface area contributed by atoms with Gasteiger partial charge in [0.2, 0.25) is 6.79 Å². The standard InChI is InChI=1S/C22H16N4O3S/c27-22-14-4-1-2-5-16(14)24-21(15-11-23-25-20(15)19-6-3-9-30-19)26(22)13-7-8-17-18(10-13)29-12-28-17/h1-11,21,24H,12H2,(H,23,25)/t21-/m1/s1. The van der Waals surface area contributed by atoms with Crippen molar-refractivity contribution in [1.82, 2.24) is 10.2 Å². The molecule has 6 rings (SSSR count). The summed E-state index contributed by atoms with van der Waals surface area (Å²) in [5, 5.41) is 12.9. The number of anilines is 2. The lowest BCUT2D eigenvalue weighted by atomic mass is 10.0. The van der Waals surface area contributed by atoms with Crippen molar-refractivity contribution in [1.29, 1.82) is 0 Å². The Morgan fingerprint density at radius 1 is 1.07 bits per heavy atom. The number of aromatic nitrogens is 2. The molecule has 0 saturated heterocycles. The minimum Gasteiger partial charge on any atom is -0.454 e. The number of carbonyl (C=O) groups excluding carboxylic acids is 1. The highest BCUT2D eigenvalue weighted by Crippen LogP contribution is 2.43. The lowest BCUT2D eigenvalue weighted by molar-refractivity contribution is 0.0975. The quantitative estimate of drug-likeness (QED) is 0.509. The Kier molecular flexibility index (Phi) is 3.78. The van der Waals surface area contributed by atoms with Gasteiger partial charge in [-0.05, 0) is 35.7 Å². The first kappa shape index (κ1) is 17.1. The van der Waals surface area contributed by atoms with Crippen LogP contribution in [0.1, 0.15) is 22.1 Å². The zero-order valence-corrected chi connectivity index (χ0v) is 16.5. The number of nitrogens with one attached hydrogen (secondary N) is 2. The van der Waals surface area contributed by atoms with Crippen molar-refractivity contribution < 1.29 is 14.3 Å². The van der Waals surface area contributed by atoms with Gasteiger partial charge in [-0.25, -0.2) is 0 Å². The molecule has 2 N–H and O–H groups in total. The molecular weight excluding hydrogens is 400 g/mol. The Bertz CT molecular complexity index is 1250. The van der Waals surface area contributed by atoms with Crippen molar-refractivity contribution in [2.75, 3.05) is 17.0 Å². The predicted octanol–water partition coefficient (Wildman–Crippen LogP) is 4.64. The molecule has 2 aromatic carbocycles. The van der Waals surface area contributed by atoms with Crippen LogP contribution in [0.25, 0.3) is 10.6 Å². The number of thiophene rings is 1. The normalized spacial score (nSPS) is 17.0. The zero-order valence-electron chi connectivity index (χ0n) is 15.7. The van der Waals surface area contributed by atoms with Gasteiger partial charge >= 0.3 is 0 Å². The van der Waals surface area contributed by atoms with Gasteiger partial charge in [0.25, 0.3) is 5.91 Å². The average molecular weight is 416 g/mol. The number of carbonyl (C=O) groups is 1. The van der Waals surface area contributed by atoms with Gasteiger partial charge in [0.15, 0.2) is 11.5 Å². The van der Waals surface area contributed by atoms with Gasteiger partial charge in [0.05, 0.1) is 28.0 Å². The fraction of sp³-hybridized carbons (Fsp3) is 0.0909. The minimum absolute atomic E-state index is 0.0912. The molecule has 30 heavy (non-hydrogen) atoms. The van der Waals surface area contributed by atoms with Gasteiger partial charge in [-0.3, -0.25) is 14.8 Å². The van der Waals surface area contributed by atoms with E-state index in [0.29, 0.717) is 17.1 Å². The fourth-order valence-electron chi connectivity index (χ4n) is 3.89. The summed E-state index contributed by atoms with van der Waals surface area (Å²) in [5.41, 5.74) is 3.91. The van der Waals surface area contributed by atoms with Crippen molar-refractivity contribution in [3.63, 3.8) is 0 Å². The van der Waals surface area contributed by atoms with Crippen LogP contribution in [-0.2, 0) is 0 Å². The summed E-state index contributed by atoms with van der Waals surface area (Å²) in [7, 11) is 0. The maximum atomic E-state index is 13.6. The van der Waals surface area contributed by atoms with Crippen molar-refractivity contribution >= 4 is 28.6 Å². The number of amides is 1. The number of rotatable bonds is 3. The van der Waals surface area contributed by atoms with Crippen molar-refractivity contribution in [3.8, 4) is 22.1 Å². The van der Waals surface area contributed by atoms with Crippen LogP contribution in [-0.4, -0.2) is 22.9 Å². The van der Waals surface area contributed by atoms with E-state index in [-0.39, 0.29) is 12.7 Å². The molecule has 4 aromatic rings. The maximum absolute atomic E-state index is 13.6. The van der Waals surface area contributed by atoms with Crippen LogP contribution in [0.5, 0.6) is 11.5 Å². The molecule has 2 aromatic heterocycles. The first-order valence-electron chi connectivity index (χ1n) is 9.45. The zero-order chi connectivity index (χ0) is 20.1. The van der Waals surface area contributed by atoms with Gasteiger partial charge in [-0.2, -0.15) is 5.10 Å². The number of fused-ring (bicyclic) bond motifs is 2. The number of benzene rings is 2. The Hall–Kier alpha value is -3.78. The van der Waals surface area contributed by atoms with E-state index in [1.165, 1.54) is 0 Å². The molecule has 0 saturated carbocycles. The topological polar surface area (TPSA) is 79.5 Å². The molecule has 0 unspecified atom stereocenters. The van der Waals surface area contributed by atoms with Gasteiger partial charge < -0.3 is 14.8 Å². The summed E-state index contributed by atoms with van der Waals surface area (Å²) in [6.07, 6.45) is 1.33. The van der Waals surface area contributed by atoms with Crippen LogP contribution in [0.2, 0.25) is 0 Å². The second-order valence-corrected chi connectivity index (χ2v) is 7.93. The molecule has 0 radical (unpaired) electrons. The number of nitrogens with zero attached hydrogens (tertiary/aromatic N) is 2. The number of para-hydroxylation sites is 1. The third-order valence-electron chi connectivity index (χ3n) is 5.29. The van der Waals surface area contributed by atoms with Gasteiger partial charge in [0, 0.05) is 17.3 Å². The Morgan fingerprint density at radius 3 is 2.87 bits per heavy atom. The molecule has 1 atom stereocenters. The number of H-pyrrole nitrogens is 1. The van der Waals surface area contributed by atoms with E-state index in [1.54, 1.807) is 22.4 Å². The van der Waals surface area contributed by atoms with E-state index in [1.807, 2.05) is 60.0 Å². The monoisotopic (exact) mass is 416 g/mol. The third kappa shape index (κ3) is 2.57. The summed E-state index contributed by atoms with van der Waals surface area (Å²) in [4.78, 5) is 16.4. The van der Waals surface area contributed by atoms with Crippen LogP contribution >= 0.6 is 11.3 Å². The first-order chi connectivity index (χ1) is 14.8. The second kappa shape index (κ2) is 6.64. The minimum atomic E-state index is -0.441. The summed E-state index contributed by atoms with van der Waals surface area (Å²) < 4.78 is 11.0. The molecule has 0 aliphatic carbocycles. The number of ether oxygens (including phenoxy) is 2. The lowest BCUT2D eigenvalue weighted by Crippen LogP contribution is -2.43. The van der Waals surface area contributed by atoms with E-state index in [4.69, 9.17) is 9.47 Å². The maximum Gasteiger partial charge on any atom is 0.262 e. The van der Waals surface area contributed by atoms with Crippen molar-refractivity contribution in [3.05, 3.63) is 77.3 Å². The first-order valence-corrected chi connectivity index (χ1v) is 10.3. The molecule has 1 amide bonds. The van der Waals surface area contributed by atoms with Gasteiger partial charge in [0.1, 0.15) is 6.17 Å². The van der Waals surface area contributed by atoms with Gasteiger partial charge in [-0.15, -0.1) is 11.3 Å². The molecular formula is C22H16N4O3S. The summed E-state index contributed by atoms with van der Waals surface area (Å²) in [5.74, 6) is 1.21. The highest BCUT2D eigenvalue weighted by molar-refractivity contribution is 7.13. The Labute approximate surface area is 175 Å². The molecule has 7 nitrogen and oxygen atoms in total. The lowest BCUT2D eigenvalue weighted by Gasteiger charge is -2.38. The van der Waals surface area contributed by atoms with Crippen molar-refractivity contribution in [2.24, 2.45) is 0 Å². The fourth-order valence-corrected chi connectivity index (χ4v) is 4.64. The summed E-state index contributed by atoms with van der Waals surface area (Å²) in [6, 6.07) is 17.1. The van der Waals surface area contributed by atoms with E-state index < -0.39 is 6.17 Å². The highest BCUT2D eigenvalue weighted by atomic mass is 32.1. The van der Waals surface area contributed by atoms with Crippen LogP contribution < -0.4 is 19.7 Å². The smallest absolute Gasteiger partial charge is 0.262 e. The molecule has 4 heterocycles. The van der Waals surface area contributed by atoms with E-state index in [9.17, 15) is 4.79 Å². The SMILES string of the molecule is O=C1c2ccccc2N[C@@H](c2cn[nH]c2-c2cccs2)N1c1ccc2c(c1)OCO2. The predicted molar refractivity (Wildman–Crippen MR) is 114 cm³/mol. The molecule has 0 fully saturated rings.